The summed E-state index contributed by atoms with van der Waals surface area (Å²) in [6.45, 7) is 6.12. The molecule has 2 N–H and O–H groups in total. The maximum atomic E-state index is 11.2. The number of rotatable bonds is 4. The molecule has 4 nitrogen and oxygen atoms in total. The van der Waals surface area contributed by atoms with E-state index in [4.69, 9.17) is 0 Å². The summed E-state index contributed by atoms with van der Waals surface area (Å²) in [5, 5.41) is 13.1. The molecule has 5 heteroatoms. The molecule has 0 amide bonds. The molecule has 15 heavy (non-hydrogen) atoms. The Morgan fingerprint density at radius 2 is 2.13 bits per heavy atom. The van der Waals surface area contributed by atoms with Crippen molar-refractivity contribution in [2.24, 2.45) is 5.92 Å². The van der Waals surface area contributed by atoms with E-state index in [0.717, 1.165) is 0 Å². The van der Waals surface area contributed by atoms with Crippen molar-refractivity contribution in [1.82, 2.24) is 5.32 Å². The molecule has 0 aromatic heterocycles. The van der Waals surface area contributed by atoms with Crippen molar-refractivity contribution in [2.45, 2.75) is 38.8 Å². The summed E-state index contributed by atoms with van der Waals surface area (Å²) >= 11 is 0. The first kappa shape index (κ1) is 12.9. The zero-order chi connectivity index (χ0) is 11.7. The Morgan fingerprint density at radius 1 is 1.53 bits per heavy atom. The van der Waals surface area contributed by atoms with E-state index in [9.17, 15) is 13.5 Å². The number of nitrogens with one attached hydrogen (secondary N) is 1. The van der Waals surface area contributed by atoms with Crippen molar-refractivity contribution in [2.75, 3.05) is 18.1 Å². The standard InChI is InChI=1S/C10H21NO3S/c1-8(2)10(3,12)7-11-9-4-5-15(13,14)6-9/h8-9,11-12H,4-7H2,1-3H3. The Hall–Kier alpha value is -0.130. The number of hydrogen-bond donors (Lipinski definition) is 2. The third-order valence-electron chi connectivity index (χ3n) is 3.22. The first-order chi connectivity index (χ1) is 6.73. The Labute approximate surface area is 92.0 Å². The van der Waals surface area contributed by atoms with E-state index in [1.165, 1.54) is 0 Å². The average Bonchev–Trinajstić information content (AvgIpc) is 2.42. The second-order valence-corrected chi connectivity index (χ2v) is 7.22. The fourth-order valence-corrected chi connectivity index (χ4v) is 3.22. The zero-order valence-electron chi connectivity index (χ0n) is 9.66. The molecule has 2 atom stereocenters. The van der Waals surface area contributed by atoms with Crippen molar-refractivity contribution in [1.29, 1.82) is 0 Å². The molecule has 2 unspecified atom stereocenters. The maximum absolute atomic E-state index is 11.2. The van der Waals surface area contributed by atoms with Crippen molar-refractivity contribution >= 4 is 9.84 Å². The monoisotopic (exact) mass is 235 g/mol. The van der Waals surface area contributed by atoms with E-state index < -0.39 is 15.4 Å². The van der Waals surface area contributed by atoms with Gasteiger partial charge in [-0.15, -0.1) is 0 Å². The molecule has 90 valence electrons. The van der Waals surface area contributed by atoms with Crippen LogP contribution < -0.4 is 5.32 Å². The molecule has 1 rings (SSSR count). The van der Waals surface area contributed by atoms with Crippen molar-refractivity contribution < 1.29 is 13.5 Å². The van der Waals surface area contributed by atoms with Crippen LogP contribution in [-0.4, -0.2) is 43.2 Å². The highest BCUT2D eigenvalue weighted by atomic mass is 32.2. The third kappa shape index (κ3) is 3.74. The summed E-state index contributed by atoms with van der Waals surface area (Å²) in [5.74, 6) is 0.637. The molecule has 0 aromatic rings. The second-order valence-electron chi connectivity index (χ2n) is 4.99. The van der Waals surface area contributed by atoms with Gasteiger partial charge in [-0.25, -0.2) is 8.42 Å². The number of aliphatic hydroxyl groups is 1. The lowest BCUT2D eigenvalue weighted by Crippen LogP contribution is -2.46. The third-order valence-corrected chi connectivity index (χ3v) is 4.99. The van der Waals surface area contributed by atoms with Crippen LogP contribution in [0.25, 0.3) is 0 Å². The summed E-state index contributed by atoms with van der Waals surface area (Å²) in [4.78, 5) is 0. The van der Waals surface area contributed by atoms with Crippen LogP contribution in [0.3, 0.4) is 0 Å². The predicted octanol–water partition coefficient (Wildman–Crippen LogP) is 0.170. The fraction of sp³-hybridized carbons (Fsp3) is 1.00. The molecular formula is C10H21NO3S. The molecule has 0 aliphatic carbocycles. The highest BCUT2D eigenvalue weighted by molar-refractivity contribution is 7.91. The Kier molecular flexibility index (Phi) is 3.79. The molecule has 1 heterocycles. The van der Waals surface area contributed by atoms with E-state index >= 15 is 0 Å². The SMILES string of the molecule is CC(C)C(C)(O)CNC1CCS(=O)(=O)C1. The van der Waals surface area contributed by atoms with Crippen molar-refractivity contribution in [3.05, 3.63) is 0 Å². The van der Waals surface area contributed by atoms with Crippen LogP contribution in [0.2, 0.25) is 0 Å². The van der Waals surface area contributed by atoms with Crippen LogP contribution in [0.4, 0.5) is 0 Å². The Morgan fingerprint density at radius 3 is 2.53 bits per heavy atom. The van der Waals surface area contributed by atoms with Gasteiger partial charge >= 0.3 is 0 Å². The van der Waals surface area contributed by atoms with Gasteiger partial charge in [-0.05, 0) is 19.3 Å². The lowest BCUT2D eigenvalue weighted by atomic mass is 9.92. The van der Waals surface area contributed by atoms with E-state index in [-0.39, 0.29) is 23.5 Å². The number of sulfone groups is 1. The van der Waals surface area contributed by atoms with Gasteiger partial charge in [-0.1, -0.05) is 13.8 Å². The highest BCUT2D eigenvalue weighted by Crippen LogP contribution is 2.17. The predicted molar refractivity (Wildman–Crippen MR) is 60.5 cm³/mol. The van der Waals surface area contributed by atoms with Crippen LogP contribution in [0.15, 0.2) is 0 Å². The molecule has 1 aliphatic rings. The van der Waals surface area contributed by atoms with Gasteiger partial charge in [-0.3, -0.25) is 0 Å². The Balaban J connectivity index is 2.39. The molecule has 1 aliphatic heterocycles. The van der Waals surface area contributed by atoms with Crippen LogP contribution in [0.5, 0.6) is 0 Å². The quantitative estimate of drug-likeness (QED) is 0.729. The largest absolute Gasteiger partial charge is 0.389 e. The Bertz CT molecular complexity index is 309. The zero-order valence-corrected chi connectivity index (χ0v) is 10.5. The van der Waals surface area contributed by atoms with Gasteiger partial charge < -0.3 is 10.4 Å². The summed E-state index contributed by atoms with van der Waals surface area (Å²) in [6, 6.07) is 0.0141. The van der Waals surface area contributed by atoms with Crippen LogP contribution >= 0.6 is 0 Å². The average molecular weight is 235 g/mol. The van der Waals surface area contributed by atoms with Crippen LogP contribution in [-0.2, 0) is 9.84 Å². The van der Waals surface area contributed by atoms with Crippen molar-refractivity contribution in [3.63, 3.8) is 0 Å². The molecule has 0 radical (unpaired) electrons. The molecule has 0 bridgehead atoms. The highest BCUT2D eigenvalue weighted by Gasteiger charge is 2.31. The van der Waals surface area contributed by atoms with Crippen molar-refractivity contribution in [3.8, 4) is 0 Å². The first-order valence-corrected chi connectivity index (χ1v) is 7.21. The van der Waals surface area contributed by atoms with Crippen LogP contribution in [0, 0.1) is 5.92 Å². The van der Waals surface area contributed by atoms with Gasteiger partial charge in [0.25, 0.3) is 0 Å². The maximum Gasteiger partial charge on any atom is 0.151 e. The van der Waals surface area contributed by atoms with Gasteiger partial charge in [-0.2, -0.15) is 0 Å². The van der Waals surface area contributed by atoms with E-state index in [0.29, 0.717) is 13.0 Å². The summed E-state index contributed by atoms with van der Waals surface area (Å²) in [6.07, 6.45) is 0.663. The summed E-state index contributed by atoms with van der Waals surface area (Å²) < 4.78 is 22.4. The van der Waals surface area contributed by atoms with Gasteiger partial charge in [0.05, 0.1) is 17.1 Å². The van der Waals surface area contributed by atoms with Gasteiger partial charge in [0.15, 0.2) is 9.84 Å². The molecular weight excluding hydrogens is 214 g/mol. The number of hydrogen-bond acceptors (Lipinski definition) is 4. The van der Waals surface area contributed by atoms with E-state index in [1.54, 1.807) is 6.92 Å². The molecule has 0 aromatic carbocycles. The second kappa shape index (κ2) is 4.39. The molecule has 1 saturated heterocycles. The molecule has 1 fully saturated rings. The fourth-order valence-electron chi connectivity index (χ4n) is 1.51. The van der Waals surface area contributed by atoms with Gasteiger partial charge in [0, 0.05) is 12.6 Å². The van der Waals surface area contributed by atoms with E-state index in [1.807, 2.05) is 13.8 Å². The minimum absolute atomic E-state index is 0.0141. The molecule has 0 saturated carbocycles. The minimum atomic E-state index is -2.83. The smallest absolute Gasteiger partial charge is 0.151 e. The summed E-state index contributed by atoms with van der Waals surface area (Å²) in [7, 11) is -2.83. The van der Waals surface area contributed by atoms with E-state index in [2.05, 4.69) is 5.32 Å². The van der Waals surface area contributed by atoms with Gasteiger partial charge in [0.1, 0.15) is 0 Å². The summed E-state index contributed by atoms with van der Waals surface area (Å²) in [5.41, 5.74) is -0.771. The first-order valence-electron chi connectivity index (χ1n) is 5.39. The topological polar surface area (TPSA) is 66.4 Å². The molecule has 0 spiro atoms. The minimum Gasteiger partial charge on any atom is -0.389 e. The lowest BCUT2D eigenvalue weighted by molar-refractivity contribution is 0.0124. The lowest BCUT2D eigenvalue weighted by Gasteiger charge is -2.29. The normalized spacial score (nSPS) is 29.3. The van der Waals surface area contributed by atoms with Crippen LogP contribution in [0.1, 0.15) is 27.2 Å². The van der Waals surface area contributed by atoms with Gasteiger partial charge in [0.2, 0.25) is 0 Å².